The third kappa shape index (κ3) is 4.96. The number of hydrogen-bond donors (Lipinski definition) is 3. The summed E-state index contributed by atoms with van der Waals surface area (Å²) in [5.41, 5.74) is 13.4. The molecule has 0 fully saturated rings. The molecule has 200 valence electrons. The summed E-state index contributed by atoms with van der Waals surface area (Å²) in [5.74, 6) is 0.0493. The largest absolute Gasteiger partial charge is 0.445 e. The molecule has 9 nitrogen and oxygen atoms in total. The van der Waals surface area contributed by atoms with E-state index in [0.29, 0.717) is 17.1 Å². The van der Waals surface area contributed by atoms with Crippen molar-refractivity contribution in [2.45, 2.75) is 31.9 Å². The highest BCUT2D eigenvalue weighted by molar-refractivity contribution is 5.97. The first-order chi connectivity index (χ1) is 19.6. The van der Waals surface area contributed by atoms with Crippen LogP contribution >= 0.6 is 0 Å². The summed E-state index contributed by atoms with van der Waals surface area (Å²) < 4.78 is 7.49. The van der Waals surface area contributed by atoms with E-state index >= 15 is 0 Å². The fraction of sp³-hybridized carbons (Fsp3) is 0.161. The summed E-state index contributed by atoms with van der Waals surface area (Å²) in [6.45, 7) is 0.102. The number of benzene rings is 3. The van der Waals surface area contributed by atoms with Crippen LogP contribution in [0.3, 0.4) is 0 Å². The Balaban J connectivity index is 1.21. The third-order valence-electron chi connectivity index (χ3n) is 7.08. The molecule has 2 amide bonds. The number of aryl methyl sites for hydroxylation is 1. The maximum Gasteiger partial charge on any atom is 0.408 e. The molecular formula is C31H28N6O3. The van der Waals surface area contributed by atoms with E-state index in [9.17, 15) is 9.59 Å². The van der Waals surface area contributed by atoms with Gasteiger partial charge in [-0.25, -0.2) is 14.8 Å². The summed E-state index contributed by atoms with van der Waals surface area (Å²) in [7, 11) is 0. The lowest BCUT2D eigenvalue weighted by Gasteiger charge is -2.19. The lowest BCUT2D eigenvalue weighted by atomic mass is 10.1. The summed E-state index contributed by atoms with van der Waals surface area (Å²) in [5, 5.41) is 5.63. The average Bonchev–Trinajstić information content (AvgIpc) is 3.58. The number of nitrogens with zero attached hydrogens (tertiary/aromatic N) is 3. The van der Waals surface area contributed by atoms with Crippen molar-refractivity contribution in [1.82, 2.24) is 19.9 Å². The molecular weight excluding hydrogens is 504 g/mol. The molecule has 1 atom stereocenters. The molecule has 4 N–H and O–H groups in total. The van der Waals surface area contributed by atoms with Crippen LogP contribution in [0.4, 0.5) is 16.3 Å². The highest BCUT2D eigenvalue weighted by atomic mass is 16.5. The van der Waals surface area contributed by atoms with Crippen LogP contribution in [0.1, 0.15) is 34.8 Å². The van der Waals surface area contributed by atoms with Crippen LogP contribution in [0.5, 0.6) is 0 Å². The smallest absolute Gasteiger partial charge is 0.408 e. The number of rotatable bonds is 7. The maximum atomic E-state index is 13.4. The molecule has 6 rings (SSSR count). The molecule has 0 spiro atoms. The minimum atomic E-state index is -0.947. The molecule has 2 aromatic heterocycles. The normalized spacial score (nSPS) is 13.0. The second-order valence-corrected chi connectivity index (χ2v) is 9.66. The number of aromatic nitrogens is 3. The van der Waals surface area contributed by atoms with Gasteiger partial charge in [0.15, 0.2) is 5.82 Å². The van der Waals surface area contributed by atoms with E-state index in [2.05, 4.69) is 25.2 Å². The van der Waals surface area contributed by atoms with Crippen LogP contribution < -0.4 is 16.4 Å². The molecule has 0 unspecified atom stereocenters. The van der Waals surface area contributed by atoms with Gasteiger partial charge in [-0.1, -0.05) is 60.7 Å². The molecule has 9 heteroatoms. The monoisotopic (exact) mass is 532 g/mol. The fourth-order valence-electron chi connectivity index (χ4n) is 5.22. The number of hydrogen-bond acceptors (Lipinski definition) is 6. The molecule has 1 aliphatic carbocycles. The molecule has 0 bridgehead atoms. The number of nitrogens with two attached hydrogens (primary N) is 1. The van der Waals surface area contributed by atoms with Gasteiger partial charge in [0.1, 0.15) is 24.5 Å². The van der Waals surface area contributed by atoms with Crippen LogP contribution in [0.2, 0.25) is 0 Å². The lowest BCUT2D eigenvalue weighted by molar-refractivity contribution is -0.118. The highest BCUT2D eigenvalue weighted by Gasteiger charge is 2.26. The van der Waals surface area contributed by atoms with E-state index in [1.54, 1.807) is 12.1 Å². The Morgan fingerprint density at radius 2 is 1.65 bits per heavy atom. The van der Waals surface area contributed by atoms with Crippen LogP contribution in [0, 0.1) is 0 Å². The predicted octanol–water partition coefficient (Wildman–Crippen LogP) is 5.10. The molecule has 0 saturated heterocycles. The van der Waals surface area contributed by atoms with Crippen molar-refractivity contribution in [2.24, 2.45) is 0 Å². The number of amides is 2. The Morgan fingerprint density at radius 3 is 2.40 bits per heavy atom. The fourth-order valence-corrected chi connectivity index (χ4v) is 5.22. The van der Waals surface area contributed by atoms with Crippen LogP contribution in [0.15, 0.2) is 91.3 Å². The SMILES string of the molecule is Nc1ncnc2c3c(n(-c4ccc(NC(=O)[C@@H](NC(=O)OCc5ccccc5)c5ccccc5)cc4)c12)CCC3. The second-order valence-electron chi connectivity index (χ2n) is 9.66. The molecule has 0 radical (unpaired) electrons. The van der Waals surface area contributed by atoms with E-state index in [1.807, 2.05) is 72.8 Å². The first kappa shape index (κ1) is 25.1. The zero-order chi connectivity index (χ0) is 27.5. The van der Waals surface area contributed by atoms with Gasteiger partial charge in [-0.05, 0) is 60.2 Å². The highest BCUT2D eigenvalue weighted by Crippen LogP contribution is 2.36. The van der Waals surface area contributed by atoms with Gasteiger partial charge < -0.3 is 25.7 Å². The predicted molar refractivity (Wildman–Crippen MR) is 153 cm³/mol. The van der Waals surface area contributed by atoms with Crippen molar-refractivity contribution >= 4 is 34.5 Å². The van der Waals surface area contributed by atoms with Crippen LogP contribution in [-0.4, -0.2) is 26.5 Å². The summed E-state index contributed by atoms with van der Waals surface area (Å²) in [6.07, 6.45) is 3.80. The minimum absolute atomic E-state index is 0.102. The number of fused-ring (bicyclic) bond motifs is 3. The van der Waals surface area contributed by atoms with E-state index in [4.69, 9.17) is 10.5 Å². The number of nitrogens with one attached hydrogen (secondary N) is 2. The van der Waals surface area contributed by atoms with Crippen LogP contribution in [0.25, 0.3) is 16.7 Å². The summed E-state index contributed by atoms with van der Waals surface area (Å²) in [6, 6.07) is 25.0. The number of carbonyl (C=O) groups is 2. The molecule has 1 aliphatic rings. The van der Waals surface area contributed by atoms with E-state index in [1.165, 1.54) is 17.6 Å². The van der Waals surface area contributed by atoms with Crippen LogP contribution in [-0.2, 0) is 29.0 Å². The van der Waals surface area contributed by atoms with Gasteiger partial charge in [-0.2, -0.15) is 0 Å². The van der Waals surface area contributed by atoms with Gasteiger partial charge in [0.05, 0.1) is 5.52 Å². The number of anilines is 2. The second kappa shape index (κ2) is 10.9. The van der Waals surface area contributed by atoms with E-state index in [0.717, 1.165) is 41.5 Å². The van der Waals surface area contributed by atoms with Crippen molar-refractivity contribution in [3.8, 4) is 5.69 Å². The molecule has 2 heterocycles. The Kier molecular flexibility index (Phi) is 6.84. The van der Waals surface area contributed by atoms with Gasteiger partial charge in [0, 0.05) is 17.1 Å². The van der Waals surface area contributed by atoms with Gasteiger partial charge in [-0.15, -0.1) is 0 Å². The minimum Gasteiger partial charge on any atom is -0.445 e. The summed E-state index contributed by atoms with van der Waals surface area (Å²) >= 11 is 0. The van der Waals surface area contributed by atoms with Crippen molar-refractivity contribution in [1.29, 1.82) is 0 Å². The van der Waals surface area contributed by atoms with Gasteiger partial charge >= 0.3 is 6.09 Å². The zero-order valence-corrected chi connectivity index (χ0v) is 21.7. The maximum absolute atomic E-state index is 13.4. The topological polar surface area (TPSA) is 124 Å². The Bertz CT molecular complexity index is 1670. The number of ether oxygens (including phenoxy) is 1. The molecule has 0 aliphatic heterocycles. The van der Waals surface area contributed by atoms with Crippen molar-refractivity contribution in [3.05, 3.63) is 114 Å². The van der Waals surface area contributed by atoms with Gasteiger partial charge in [-0.3, -0.25) is 4.79 Å². The van der Waals surface area contributed by atoms with Crippen molar-refractivity contribution in [2.75, 3.05) is 11.1 Å². The first-order valence-electron chi connectivity index (χ1n) is 13.1. The lowest BCUT2D eigenvalue weighted by Crippen LogP contribution is -2.37. The molecule has 5 aromatic rings. The van der Waals surface area contributed by atoms with Crippen molar-refractivity contribution in [3.63, 3.8) is 0 Å². The van der Waals surface area contributed by atoms with E-state index < -0.39 is 12.1 Å². The summed E-state index contributed by atoms with van der Waals surface area (Å²) in [4.78, 5) is 34.7. The zero-order valence-electron chi connectivity index (χ0n) is 21.7. The molecule has 40 heavy (non-hydrogen) atoms. The number of carbonyl (C=O) groups excluding carboxylic acids is 2. The Labute approximate surface area is 231 Å². The quantitative estimate of drug-likeness (QED) is 0.268. The standard InChI is InChI=1S/C31H28N6O3/c32-29-28-27(33-19-34-29)24-12-7-13-25(24)37(28)23-16-14-22(15-17-23)35-30(38)26(21-10-5-2-6-11-21)36-31(39)40-18-20-8-3-1-4-9-20/h1-6,8-11,14-17,19,26H,7,12-13,18H2,(H,35,38)(H,36,39)(H2,32,33,34)/t26-/m0/s1. The van der Waals surface area contributed by atoms with Gasteiger partial charge in [0.2, 0.25) is 0 Å². The molecule has 0 saturated carbocycles. The first-order valence-corrected chi connectivity index (χ1v) is 13.1. The Hall–Kier alpha value is -5.18. The molecule has 3 aromatic carbocycles. The number of nitrogen functional groups attached to an aromatic ring is 1. The van der Waals surface area contributed by atoms with E-state index in [-0.39, 0.29) is 12.5 Å². The van der Waals surface area contributed by atoms with Gasteiger partial charge in [0.25, 0.3) is 5.91 Å². The Morgan fingerprint density at radius 1 is 0.925 bits per heavy atom. The third-order valence-corrected chi connectivity index (χ3v) is 7.08. The number of alkyl carbamates (subject to hydrolysis) is 1. The van der Waals surface area contributed by atoms with Crippen molar-refractivity contribution < 1.29 is 14.3 Å². The average molecular weight is 533 g/mol.